The number of carbonyl (C=O) groups is 1. The van der Waals surface area contributed by atoms with Crippen LogP contribution in [0.5, 0.6) is 5.75 Å². The maximum atomic E-state index is 13.5. The summed E-state index contributed by atoms with van der Waals surface area (Å²) in [5, 5.41) is 4.13. The zero-order valence-corrected chi connectivity index (χ0v) is 17.4. The lowest BCUT2D eigenvalue weighted by atomic mass is 9.78. The van der Waals surface area contributed by atoms with E-state index in [0.717, 1.165) is 33.8 Å². The Bertz CT molecular complexity index is 1050. The van der Waals surface area contributed by atoms with Gasteiger partial charge in [-0.1, -0.05) is 31.1 Å². The van der Waals surface area contributed by atoms with E-state index in [1.165, 1.54) is 0 Å². The third-order valence-electron chi connectivity index (χ3n) is 5.50. The van der Waals surface area contributed by atoms with Gasteiger partial charge in [0.15, 0.2) is 0 Å². The minimum absolute atomic E-state index is 0.0666. The van der Waals surface area contributed by atoms with Gasteiger partial charge in [-0.05, 0) is 44.0 Å². The summed E-state index contributed by atoms with van der Waals surface area (Å²) in [5.41, 5.74) is 4.77. The molecule has 29 heavy (non-hydrogen) atoms. The van der Waals surface area contributed by atoms with Crippen molar-refractivity contribution in [3.05, 3.63) is 59.2 Å². The molecule has 0 N–H and O–H groups in total. The average Bonchev–Trinajstić information content (AvgIpc) is 3.03. The second-order valence-corrected chi connectivity index (χ2v) is 8.12. The molecule has 0 aliphatic carbocycles. The first kappa shape index (κ1) is 19.2. The van der Waals surface area contributed by atoms with Crippen molar-refractivity contribution in [3.63, 3.8) is 0 Å². The normalized spacial score (nSPS) is 15.3. The van der Waals surface area contributed by atoms with E-state index in [2.05, 4.69) is 16.2 Å². The molecule has 6 nitrogen and oxygen atoms in total. The smallest absolute Gasteiger partial charge is 0.233 e. The molecule has 0 atom stereocenters. The van der Waals surface area contributed by atoms with Crippen molar-refractivity contribution in [2.75, 3.05) is 12.0 Å². The Balaban J connectivity index is 1.99. The zero-order chi connectivity index (χ0) is 20.8. The highest BCUT2D eigenvalue weighted by Crippen LogP contribution is 2.49. The summed E-state index contributed by atoms with van der Waals surface area (Å²) < 4.78 is 11.1. The topological polar surface area (TPSA) is 68.5 Å². The number of ether oxygens (including phenoxy) is 1. The number of benzene rings is 1. The summed E-state index contributed by atoms with van der Waals surface area (Å²) >= 11 is 0. The molecule has 1 aliphatic heterocycles. The monoisotopic (exact) mass is 391 g/mol. The minimum Gasteiger partial charge on any atom is -0.496 e. The number of anilines is 1. The van der Waals surface area contributed by atoms with Crippen molar-refractivity contribution in [2.45, 2.75) is 40.7 Å². The first-order valence-electron chi connectivity index (χ1n) is 9.68. The number of amides is 1. The Hall–Kier alpha value is -3.15. The van der Waals surface area contributed by atoms with Crippen LogP contribution < -0.4 is 9.64 Å². The maximum Gasteiger partial charge on any atom is 0.233 e. The molecule has 6 heteroatoms. The number of hydrogen-bond acceptors (Lipinski definition) is 5. The third-order valence-corrected chi connectivity index (χ3v) is 5.50. The summed E-state index contributed by atoms with van der Waals surface area (Å²) in [7, 11) is 1.64. The molecule has 0 bridgehead atoms. The number of aryl methyl sites for hydroxylation is 2. The SMILES string of the molecule is COc1ccc2c(c1-c1c(C)noc1C)N(Cc1ccccn1)C(=O)C(C)(C)C2. The molecular formula is C23H25N3O3. The standard InChI is InChI=1S/C23H25N3O3/c1-14-19(15(2)29-25-14)20-18(28-5)10-9-16-12-23(3,4)22(27)26(21(16)20)13-17-8-6-7-11-24-17/h6-11H,12-13H2,1-5H3. The number of fused-ring (bicyclic) bond motifs is 1. The van der Waals surface area contributed by atoms with Crippen LogP contribution in [0.3, 0.4) is 0 Å². The molecule has 0 unspecified atom stereocenters. The van der Waals surface area contributed by atoms with E-state index in [1.54, 1.807) is 13.3 Å². The molecule has 3 aromatic rings. The van der Waals surface area contributed by atoms with Crippen LogP contribution >= 0.6 is 0 Å². The van der Waals surface area contributed by atoms with E-state index in [1.807, 2.05) is 56.9 Å². The first-order chi connectivity index (χ1) is 13.8. The van der Waals surface area contributed by atoms with E-state index in [-0.39, 0.29) is 5.91 Å². The number of aromatic nitrogens is 2. The second-order valence-electron chi connectivity index (χ2n) is 8.12. The molecule has 0 spiro atoms. The summed E-state index contributed by atoms with van der Waals surface area (Å²) in [5.74, 6) is 1.46. The molecule has 0 fully saturated rings. The average molecular weight is 391 g/mol. The maximum absolute atomic E-state index is 13.5. The molecule has 4 rings (SSSR count). The van der Waals surface area contributed by atoms with Gasteiger partial charge in [-0.25, -0.2) is 0 Å². The van der Waals surface area contributed by atoms with Gasteiger partial charge in [-0.2, -0.15) is 0 Å². The summed E-state index contributed by atoms with van der Waals surface area (Å²) in [6, 6.07) is 9.76. The molecule has 0 radical (unpaired) electrons. The van der Waals surface area contributed by atoms with E-state index in [4.69, 9.17) is 9.26 Å². The lowest BCUT2D eigenvalue weighted by Crippen LogP contribution is -2.46. The van der Waals surface area contributed by atoms with E-state index in [9.17, 15) is 4.79 Å². The molecule has 1 amide bonds. The molecule has 150 valence electrons. The molecule has 1 aliphatic rings. The van der Waals surface area contributed by atoms with Crippen LogP contribution in [0.25, 0.3) is 11.1 Å². The fraction of sp³-hybridized carbons (Fsp3) is 0.348. The molecule has 2 aromatic heterocycles. The lowest BCUT2D eigenvalue weighted by Gasteiger charge is -2.40. The second kappa shape index (κ2) is 7.03. The number of rotatable bonds is 4. The highest BCUT2D eigenvalue weighted by atomic mass is 16.5. The van der Waals surface area contributed by atoms with E-state index < -0.39 is 5.41 Å². The lowest BCUT2D eigenvalue weighted by molar-refractivity contribution is -0.127. The minimum atomic E-state index is -0.508. The van der Waals surface area contributed by atoms with Gasteiger partial charge in [0.1, 0.15) is 11.5 Å². The Morgan fingerprint density at radius 2 is 1.97 bits per heavy atom. The predicted octanol–water partition coefficient (Wildman–Crippen LogP) is 4.48. The van der Waals surface area contributed by atoms with Crippen LogP contribution in [0.15, 0.2) is 41.1 Å². The Kier molecular flexibility index (Phi) is 4.65. The fourth-order valence-corrected chi connectivity index (χ4v) is 4.14. The quantitative estimate of drug-likeness (QED) is 0.656. The van der Waals surface area contributed by atoms with E-state index >= 15 is 0 Å². The van der Waals surface area contributed by atoms with Crippen molar-refractivity contribution in [1.82, 2.24) is 10.1 Å². The van der Waals surface area contributed by atoms with Crippen LogP contribution in [0.1, 0.15) is 36.6 Å². The van der Waals surface area contributed by atoms with Crippen molar-refractivity contribution in [1.29, 1.82) is 0 Å². The molecule has 3 heterocycles. The Labute approximate surface area is 170 Å². The predicted molar refractivity (Wildman–Crippen MR) is 111 cm³/mol. The van der Waals surface area contributed by atoms with Gasteiger partial charge in [-0.15, -0.1) is 0 Å². The summed E-state index contributed by atoms with van der Waals surface area (Å²) in [6.45, 7) is 8.15. The van der Waals surface area contributed by atoms with Crippen LogP contribution in [0, 0.1) is 19.3 Å². The largest absolute Gasteiger partial charge is 0.496 e. The number of nitrogens with zero attached hydrogens (tertiary/aromatic N) is 3. The molecule has 0 saturated heterocycles. The Morgan fingerprint density at radius 1 is 1.17 bits per heavy atom. The highest BCUT2D eigenvalue weighted by molar-refractivity contribution is 6.05. The summed E-state index contributed by atoms with van der Waals surface area (Å²) in [6.07, 6.45) is 2.40. The van der Waals surface area contributed by atoms with Crippen molar-refractivity contribution in [3.8, 4) is 16.9 Å². The van der Waals surface area contributed by atoms with Gasteiger partial charge >= 0.3 is 0 Å². The number of methoxy groups -OCH3 is 1. The fourth-order valence-electron chi connectivity index (χ4n) is 4.14. The van der Waals surface area contributed by atoms with Crippen molar-refractivity contribution < 1.29 is 14.1 Å². The van der Waals surface area contributed by atoms with Gasteiger partial charge in [0.05, 0.1) is 41.9 Å². The third kappa shape index (κ3) is 3.18. The Morgan fingerprint density at radius 3 is 2.59 bits per heavy atom. The highest BCUT2D eigenvalue weighted by Gasteiger charge is 2.41. The molecule has 1 aromatic carbocycles. The zero-order valence-electron chi connectivity index (χ0n) is 17.4. The van der Waals surface area contributed by atoms with Gasteiger partial charge < -0.3 is 14.2 Å². The molecule has 0 saturated carbocycles. The molecular weight excluding hydrogens is 366 g/mol. The number of pyridine rings is 1. The van der Waals surface area contributed by atoms with Gasteiger partial charge in [-0.3, -0.25) is 9.78 Å². The van der Waals surface area contributed by atoms with Crippen LogP contribution in [0.4, 0.5) is 5.69 Å². The van der Waals surface area contributed by atoms with Crippen molar-refractivity contribution in [2.24, 2.45) is 5.41 Å². The van der Waals surface area contributed by atoms with Crippen molar-refractivity contribution >= 4 is 11.6 Å². The van der Waals surface area contributed by atoms with Gasteiger partial charge in [0.25, 0.3) is 0 Å². The summed E-state index contributed by atoms with van der Waals surface area (Å²) in [4.78, 5) is 19.8. The number of carbonyl (C=O) groups excluding carboxylic acids is 1. The van der Waals surface area contributed by atoms with Gasteiger partial charge in [0.2, 0.25) is 5.91 Å². The van der Waals surface area contributed by atoms with Crippen LogP contribution in [0.2, 0.25) is 0 Å². The van der Waals surface area contributed by atoms with Gasteiger partial charge in [0, 0.05) is 11.6 Å². The van der Waals surface area contributed by atoms with E-state index in [0.29, 0.717) is 24.5 Å². The number of hydrogen-bond donors (Lipinski definition) is 0. The van der Waals surface area contributed by atoms with Crippen LogP contribution in [-0.2, 0) is 17.8 Å². The first-order valence-corrected chi connectivity index (χ1v) is 9.68. The van der Waals surface area contributed by atoms with Crippen LogP contribution in [-0.4, -0.2) is 23.2 Å².